The van der Waals surface area contributed by atoms with Gasteiger partial charge in [0.05, 0.1) is 43.3 Å². The second-order valence-corrected chi connectivity index (χ2v) is 11.0. The Labute approximate surface area is 296 Å². The van der Waals surface area contributed by atoms with Crippen molar-refractivity contribution in [1.82, 2.24) is 24.6 Å². The number of carbonyl (C=O) groups is 4. The van der Waals surface area contributed by atoms with Crippen LogP contribution < -0.4 is 25.7 Å². The quantitative estimate of drug-likeness (QED) is 0.101. The van der Waals surface area contributed by atoms with E-state index in [0.717, 1.165) is 5.39 Å². The number of amides is 1. The van der Waals surface area contributed by atoms with E-state index in [1.807, 2.05) is 24.3 Å². The Kier molecular flexibility index (Phi) is 13.0. The van der Waals surface area contributed by atoms with E-state index in [2.05, 4.69) is 20.6 Å². The Morgan fingerprint density at radius 3 is 2.25 bits per heavy atom. The number of fused-ring (bicyclic) bond motifs is 1. The molecule has 1 atom stereocenters. The van der Waals surface area contributed by atoms with Gasteiger partial charge in [0.25, 0.3) is 11.5 Å². The highest BCUT2D eigenvalue weighted by atomic mass is 16.5. The molecule has 0 radical (unpaired) electrons. The number of carboxylic acid groups (broad SMARTS) is 2. The van der Waals surface area contributed by atoms with Crippen LogP contribution in [0.2, 0.25) is 0 Å². The molecule has 0 aliphatic rings. The van der Waals surface area contributed by atoms with Crippen molar-refractivity contribution in [2.75, 3.05) is 26.0 Å². The monoisotopic (exact) mass is 712 g/mol. The molecule has 3 heterocycles. The molecule has 270 valence electrons. The van der Waals surface area contributed by atoms with Gasteiger partial charge >= 0.3 is 17.9 Å². The van der Waals surface area contributed by atoms with E-state index in [-0.39, 0.29) is 24.5 Å². The van der Waals surface area contributed by atoms with Crippen LogP contribution >= 0.6 is 0 Å². The van der Waals surface area contributed by atoms with E-state index in [0.29, 0.717) is 46.3 Å². The van der Waals surface area contributed by atoms with Gasteiger partial charge in [-0.3, -0.25) is 24.0 Å². The number of rotatable bonds is 13. The molecule has 16 nitrogen and oxygen atoms in total. The summed E-state index contributed by atoms with van der Waals surface area (Å²) in [4.78, 5) is 66.9. The Morgan fingerprint density at radius 2 is 1.63 bits per heavy atom. The van der Waals surface area contributed by atoms with Crippen LogP contribution in [-0.2, 0) is 25.7 Å². The maximum atomic E-state index is 13.7. The molecule has 5 aromatic rings. The second-order valence-electron chi connectivity index (χ2n) is 11.0. The summed E-state index contributed by atoms with van der Waals surface area (Å²) in [7, 11) is 3.24. The van der Waals surface area contributed by atoms with Crippen molar-refractivity contribution in [2.24, 2.45) is 0 Å². The van der Waals surface area contributed by atoms with Crippen LogP contribution in [0.25, 0.3) is 16.6 Å². The summed E-state index contributed by atoms with van der Waals surface area (Å²) < 4.78 is 19.8. The highest BCUT2D eigenvalue weighted by Crippen LogP contribution is 2.31. The molecule has 0 aliphatic heterocycles. The van der Waals surface area contributed by atoms with Crippen LogP contribution in [0.15, 0.2) is 96.1 Å². The predicted molar refractivity (Wildman–Crippen MR) is 189 cm³/mol. The van der Waals surface area contributed by atoms with Crippen LogP contribution in [-0.4, -0.2) is 80.2 Å². The third-order valence-electron chi connectivity index (χ3n) is 7.19. The molecule has 5 rings (SSSR count). The van der Waals surface area contributed by atoms with E-state index < -0.39 is 35.5 Å². The fourth-order valence-corrected chi connectivity index (χ4v) is 4.93. The van der Waals surface area contributed by atoms with Crippen LogP contribution in [0.5, 0.6) is 17.2 Å². The second kappa shape index (κ2) is 17.7. The summed E-state index contributed by atoms with van der Waals surface area (Å²) >= 11 is 0. The SMILES string of the molecule is CNCC(=O)O[C@H](C)Cn1c(C)c(C(=O)Nc2ccc(Oc3ccnc4cc(OC)ccc34)cn2)c(=O)n1-c1ccccc1.O=C(O)/C=C/C(=O)O. The van der Waals surface area contributed by atoms with Crippen LogP contribution in [0.1, 0.15) is 23.0 Å². The Hall–Kier alpha value is -6.81. The standard InChI is InChI=1S/C32H32N6O6.C4H4O4/c1-20(43-29(39)18-33-3)19-37-21(2)30(32(41)38(37)22-8-6-5-7-9-22)31(40)36-28-13-11-24(17-35-28)44-27-14-15-34-26-16-23(42-4)10-12-25(26)27;5-3(6)1-2-4(7)8/h5-17,20,33H,18-19H2,1-4H3,(H,35,36,40);1-2H,(H,5,6)(H,7,8)/b;2-1+/t20-;/m1./s1. The van der Waals surface area contributed by atoms with E-state index >= 15 is 0 Å². The highest BCUT2D eigenvalue weighted by molar-refractivity contribution is 6.04. The number of para-hydroxylation sites is 1. The Morgan fingerprint density at radius 1 is 0.942 bits per heavy atom. The number of hydrogen-bond acceptors (Lipinski definition) is 11. The molecule has 0 bridgehead atoms. The summed E-state index contributed by atoms with van der Waals surface area (Å²) in [6.45, 7) is 3.61. The van der Waals surface area contributed by atoms with Gasteiger partial charge < -0.3 is 35.1 Å². The minimum Gasteiger partial charge on any atom is -0.497 e. The number of aromatic nitrogens is 4. The van der Waals surface area contributed by atoms with Gasteiger partial charge in [-0.25, -0.2) is 19.3 Å². The van der Waals surface area contributed by atoms with Gasteiger partial charge in [-0.15, -0.1) is 0 Å². The number of anilines is 1. The van der Waals surface area contributed by atoms with Gasteiger partial charge in [-0.05, 0) is 63.4 Å². The number of carbonyl (C=O) groups excluding carboxylic acids is 2. The number of nitrogens with one attached hydrogen (secondary N) is 2. The number of nitrogens with zero attached hydrogens (tertiary/aromatic N) is 4. The molecule has 0 saturated carbocycles. The lowest BCUT2D eigenvalue weighted by Crippen LogP contribution is -2.30. The van der Waals surface area contributed by atoms with Crippen molar-refractivity contribution in [1.29, 1.82) is 0 Å². The van der Waals surface area contributed by atoms with Gasteiger partial charge in [-0.2, -0.15) is 0 Å². The number of aliphatic carboxylic acids is 2. The minimum atomic E-state index is -1.26. The average Bonchev–Trinajstić information content (AvgIpc) is 3.36. The summed E-state index contributed by atoms with van der Waals surface area (Å²) in [5, 5.41) is 21.9. The first-order chi connectivity index (χ1) is 24.9. The zero-order valence-corrected chi connectivity index (χ0v) is 28.6. The van der Waals surface area contributed by atoms with Crippen LogP contribution in [0, 0.1) is 6.92 Å². The number of methoxy groups -OCH3 is 1. The molecule has 0 aliphatic carbocycles. The molecule has 2 aromatic carbocycles. The summed E-state index contributed by atoms with van der Waals surface area (Å²) in [6.07, 6.45) is 3.67. The number of benzene rings is 2. The van der Waals surface area contributed by atoms with Crippen LogP contribution in [0.3, 0.4) is 0 Å². The molecular weight excluding hydrogens is 676 g/mol. The number of likely N-dealkylation sites (N-methyl/N-ethyl adjacent to an activating group) is 1. The van der Waals surface area contributed by atoms with Crippen molar-refractivity contribution in [3.63, 3.8) is 0 Å². The zero-order valence-electron chi connectivity index (χ0n) is 28.6. The molecular formula is C36H36N6O10. The Bertz CT molecular complexity index is 2130. The van der Waals surface area contributed by atoms with Gasteiger partial charge in [0.2, 0.25) is 0 Å². The predicted octanol–water partition coefficient (Wildman–Crippen LogP) is 3.81. The molecule has 16 heteroatoms. The average molecular weight is 713 g/mol. The van der Waals surface area contributed by atoms with E-state index in [4.69, 9.17) is 24.4 Å². The third-order valence-corrected chi connectivity index (χ3v) is 7.19. The number of pyridine rings is 2. The summed E-state index contributed by atoms with van der Waals surface area (Å²) in [6, 6.07) is 19.5. The number of esters is 1. The largest absolute Gasteiger partial charge is 0.497 e. The van der Waals surface area contributed by atoms with Crippen molar-refractivity contribution in [3.05, 3.63) is 113 Å². The number of ether oxygens (including phenoxy) is 3. The van der Waals surface area contributed by atoms with E-state index in [9.17, 15) is 24.0 Å². The molecule has 52 heavy (non-hydrogen) atoms. The first kappa shape index (κ1) is 38.0. The van der Waals surface area contributed by atoms with Crippen molar-refractivity contribution < 1.29 is 43.6 Å². The van der Waals surface area contributed by atoms with E-state index in [1.54, 1.807) is 81.3 Å². The molecule has 0 saturated heterocycles. The molecule has 3 aromatic heterocycles. The van der Waals surface area contributed by atoms with E-state index in [1.165, 1.54) is 10.9 Å². The molecule has 1 amide bonds. The lowest BCUT2D eigenvalue weighted by atomic mass is 10.2. The molecule has 4 N–H and O–H groups in total. The van der Waals surface area contributed by atoms with Crippen molar-refractivity contribution >= 4 is 40.5 Å². The maximum Gasteiger partial charge on any atom is 0.328 e. The third kappa shape index (κ3) is 9.88. The normalized spacial score (nSPS) is 11.3. The van der Waals surface area contributed by atoms with Gasteiger partial charge in [0, 0.05) is 29.8 Å². The molecule has 0 spiro atoms. The first-order valence-electron chi connectivity index (χ1n) is 15.7. The van der Waals surface area contributed by atoms with Crippen LogP contribution in [0.4, 0.5) is 5.82 Å². The number of hydrogen-bond donors (Lipinski definition) is 4. The summed E-state index contributed by atoms with van der Waals surface area (Å²) in [5.74, 6) is -1.60. The minimum absolute atomic E-state index is 0.0524. The fraction of sp³-hybridized carbons (Fsp3) is 0.194. The molecule has 0 unspecified atom stereocenters. The highest BCUT2D eigenvalue weighted by Gasteiger charge is 2.25. The lowest BCUT2D eigenvalue weighted by molar-refractivity contribution is -0.147. The topological polar surface area (TPSA) is 213 Å². The lowest BCUT2D eigenvalue weighted by Gasteiger charge is -2.18. The summed E-state index contributed by atoms with van der Waals surface area (Å²) in [5.41, 5.74) is 1.13. The smallest absolute Gasteiger partial charge is 0.328 e. The zero-order chi connectivity index (χ0) is 37.8. The number of carboxylic acids is 2. The molecule has 0 fully saturated rings. The fourth-order valence-electron chi connectivity index (χ4n) is 4.93. The van der Waals surface area contributed by atoms with Gasteiger partial charge in [0.1, 0.15) is 34.7 Å². The van der Waals surface area contributed by atoms with Gasteiger partial charge in [0.15, 0.2) is 0 Å². The van der Waals surface area contributed by atoms with Gasteiger partial charge in [-0.1, -0.05) is 18.2 Å². The van der Waals surface area contributed by atoms with Crippen molar-refractivity contribution in [2.45, 2.75) is 26.5 Å². The Balaban J connectivity index is 0.000000677. The van der Waals surface area contributed by atoms with Crippen molar-refractivity contribution in [3.8, 4) is 22.9 Å². The first-order valence-corrected chi connectivity index (χ1v) is 15.7. The maximum absolute atomic E-state index is 13.7.